The van der Waals surface area contributed by atoms with E-state index in [0.29, 0.717) is 18.5 Å². The average molecular weight is 369 g/mol. The molecule has 0 aliphatic carbocycles. The molecule has 7 nitrogen and oxygen atoms in total. The SMILES string of the molecule is COn1c(CC(C)C)c(OC(C)=O)nc(Cc2c[nH]c3ccccc23)c1=O. The van der Waals surface area contributed by atoms with E-state index in [1.54, 1.807) is 0 Å². The number of benzene rings is 1. The number of hydrogen-bond acceptors (Lipinski definition) is 5. The summed E-state index contributed by atoms with van der Waals surface area (Å²) < 4.78 is 6.47. The Hall–Kier alpha value is -3.09. The van der Waals surface area contributed by atoms with Gasteiger partial charge in [0.05, 0.1) is 0 Å². The van der Waals surface area contributed by atoms with Crippen LogP contribution >= 0.6 is 0 Å². The molecule has 0 spiro atoms. The number of carbonyl (C=O) groups is 1. The van der Waals surface area contributed by atoms with Crippen molar-refractivity contribution < 1.29 is 14.4 Å². The minimum Gasteiger partial charge on any atom is -0.414 e. The molecule has 0 fully saturated rings. The Morgan fingerprint density at radius 3 is 2.70 bits per heavy atom. The Kier molecular flexibility index (Phi) is 5.30. The first-order chi connectivity index (χ1) is 12.9. The van der Waals surface area contributed by atoms with E-state index in [0.717, 1.165) is 16.5 Å². The Morgan fingerprint density at radius 2 is 2.04 bits per heavy atom. The van der Waals surface area contributed by atoms with E-state index in [1.165, 1.54) is 18.8 Å². The van der Waals surface area contributed by atoms with Crippen molar-refractivity contribution in [3.05, 3.63) is 57.8 Å². The fourth-order valence-electron chi connectivity index (χ4n) is 3.10. The third-order valence-electron chi connectivity index (χ3n) is 4.22. The zero-order valence-corrected chi connectivity index (χ0v) is 15.9. The number of H-pyrrole nitrogens is 1. The third-order valence-corrected chi connectivity index (χ3v) is 4.22. The van der Waals surface area contributed by atoms with Gasteiger partial charge >= 0.3 is 11.5 Å². The van der Waals surface area contributed by atoms with E-state index in [9.17, 15) is 9.59 Å². The molecule has 0 atom stereocenters. The number of hydrogen-bond donors (Lipinski definition) is 1. The predicted octanol–water partition coefficient (Wildman–Crippen LogP) is 2.50. The summed E-state index contributed by atoms with van der Waals surface area (Å²) in [5.74, 6) is -0.152. The van der Waals surface area contributed by atoms with Crippen molar-refractivity contribution in [1.29, 1.82) is 0 Å². The van der Waals surface area contributed by atoms with Gasteiger partial charge in [-0.1, -0.05) is 32.0 Å². The fraction of sp³-hybridized carbons (Fsp3) is 0.350. The van der Waals surface area contributed by atoms with Gasteiger partial charge in [0.1, 0.15) is 18.5 Å². The first kappa shape index (κ1) is 18.7. The molecular formula is C20H23N3O4. The Morgan fingerprint density at radius 1 is 1.30 bits per heavy atom. The second-order valence-corrected chi connectivity index (χ2v) is 6.82. The van der Waals surface area contributed by atoms with Crippen molar-refractivity contribution in [3.63, 3.8) is 0 Å². The van der Waals surface area contributed by atoms with Crippen LogP contribution in [0.3, 0.4) is 0 Å². The maximum Gasteiger partial charge on any atom is 0.309 e. The van der Waals surface area contributed by atoms with Crippen molar-refractivity contribution in [2.24, 2.45) is 5.92 Å². The molecule has 1 aromatic carbocycles. The van der Waals surface area contributed by atoms with Crippen LogP contribution in [0, 0.1) is 5.92 Å². The maximum atomic E-state index is 12.9. The van der Waals surface area contributed by atoms with Gasteiger partial charge in [0.2, 0.25) is 5.88 Å². The van der Waals surface area contributed by atoms with Crippen molar-refractivity contribution in [2.45, 2.75) is 33.6 Å². The number of nitrogens with one attached hydrogen (secondary N) is 1. The lowest BCUT2D eigenvalue weighted by Crippen LogP contribution is -2.33. The van der Waals surface area contributed by atoms with E-state index < -0.39 is 5.97 Å². The molecule has 2 heterocycles. The number of aromatic amines is 1. The first-order valence-corrected chi connectivity index (χ1v) is 8.83. The van der Waals surface area contributed by atoms with E-state index >= 15 is 0 Å². The molecule has 3 rings (SSSR count). The summed E-state index contributed by atoms with van der Waals surface area (Å²) in [4.78, 5) is 37.4. The van der Waals surface area contributed by atoms with Gasteiger partial charge in [-0.3, -0.25) is 9.59 Å². The monoisotopic (exact) mass is 369 g/mol. The van der Waals surface area contributed by atoms with Crippen LogP contribution in [-0.4, -0.2) is 27.8 Å². The molecular weight excluding hydrogens is 346 g/mol. The zero-order chi connectivity index (χ0) is 19.6. The summed E-state index contributed by atoms with van der Waals surface area (Å²) in [6.45, 7) is 5.31. The number of rotatable bonds is 6. The summed E-state index contributed by atoms with van der Waals surface area (Å²) in [5, 5.41) is 1.02. The highest BCUT2D eigenvalue weighted by atomic mass is 16.7. The van der Waals surface area contributed by atoms with Crippen LogP contribution in [0.1, 0.15) is 37.7 Å². The normalized spacial score (nSPS) is 11.1. The van der Waals surface area contributed by atoms with E-state index in [-0.39, 0.29) is 23.1 Å². The number of para-hydroxylation sites is 1. The van der Waals surface area contributed by atoms with Gasteiger partial charge in [0.15, 0.2) is 0 Å². The van der Waals surface area contributed by atoms with Crippen LogP contribution in [-0.2, 0) is 17.6 Å². The van der Waals surface area contributed by atoms with Gasteiger partial charge in [0.25, 0.3) is 0 Å². The minimum absolute atomic E-state index is 0.118. The molecule has 0 aliphatic rings. The maximum absolute atomic E-state index is 12.9. The summed E-state index contributed by atoms with van der Waals surface area (Å²) in [5.41, 5.74) is 2.27. The largest absolute Gasteiger partial charge is 0.414 e. The Balaban J connectivity index is 2.12. The van der Waals surface area contributed by atoms with Crippen molar-refractivity contribution in [3.8, 4) is 5.88 Å². The molecule has 0 aliphatic heterocycles. The molecule has 0 saturated carbocycles. The second-order valence-electron chi connectivity index (χ2n) is 6.82. The molecule has 27 heavy (non-hydrogen) atoms. The lowest BCUT2D eigenvalue weighted by atomic mass is 10.1. The predicted molar refractivity (Wildman–Crippen MR) is 102 cm³/mol. The van der Waals surface area contributed by atoms with Crippen LogP contribution in [0.5, 0.6) is 5.88 Å². The topological polar surface area (TPSA) is 86.2 Å². The van der Waals surface area contributed by atoms with Crippen molar-refractivity contribution in [1.82, 2.24) is 14.7 Å². The van der Waals surface area contributed by atoms with Gasteiger partial charge in [-0.25, -0.2) is 4.98 Å². The van der Waals surface area contributed by atoms with Crippen LogP contribution < -0.4 is 15.1 Å². The molecule has 0 amide bonds. The lowest BCUT2D eigenvalue weighted by Gasteiger charge is -2.17. The highest BCUT2D eigenvalue weighted by Gasteiger charge is 2.21. The Labute approximate surface area is 156 Å². The highest BCUT2D eigenvalue weighted by molar-refractivity contribution is 5.83. The number of ether oxygens (including phenoxy) is 1. The van der Waals surface area contributed by atoms with E-state index in [4.69, 9.17) is 9.57 Å². The van der Waals surface area contributed by atoms with Gasteiger partial charge in [0, 0.05) is 30.4 Å². The van der Waals surface area contributed by atoms with Crippen LogP contribution in [0.25, 0.3) is 10.9 Å². The smallest absolute Gasteiger partial charge is 0.309 e. The second kappa shape index (κ2) is 7.65. The van der Waals surface area contributed by atoms with Gasteiger partial charge in [-0.05, 0) is 24.0 Å². The first-order valence-electron chi connectivity index (χ1n) is 8.83. The van der Waals surface area contributed by atoms with Gasteiger partial charge < -0.3 is 14.6 Å². The molecule has 3 aromatic rings. The Bertz CT molecular complexity index is 1030. The molecule has 2 aromatic heterocycles. The minimum atomic E-state index is -0.494. The summed E-state index contributed by atoms with van der Waals surface area (Å²) in [7, 11) is 1.41. The van der Waals surface area contributed by atoms with Crippen LogP contribution in [0.15, 0.2) is 35.3 Å². The van der Waals surface area contributed by atoms with E-state index in [1.807, 2.05) is 44.3 Å². The van der Waals surface area contributed by atoms with Crippen LogP contribution in [0.4, 0.5) is 0 Å². The number of carbonyl (C=O) groups excluding carboxylic acids is 1. The molecule has 0 bridgehead atoms. The highest BCUT2D eigenvalue weighted by Crippen LogP contribution is 2.22. The van der Waals surface area contributed by atoms with Crippen molar-refractivity contribution in [2.75, 3.05) is 7.11 Å². The summed E-state index contributed by atoms with van der Waals surface area (Å²) in [6.07, 6.45) is 2.64. The standard InChI is InChI=1S/C20H23N3O4/c1-12(2)9-18-19(27-13(3)24)22-17(20(25)23(18)26-4)10-14-11-21-16-8-6-5-7-15(14)16/h5-8,11-12,21H,9-10H2,1-4H3. The molecule has 7 heteroatoms. The van der Waals surface area contributed by atoms with E-state index in [2.05, 4.69) is 9.97 Å². The van der Waals surface area contributed by atoms with Gasteiger partial charge in [-0.15, -0.1) is 4.73 Å². The molecule has 0 saturated heterocycles. The lowest BCUT2D eigenvalue weighted by molar-refractivity contribution is -0.132. The summed E-state index contributed by atoms with van der Waals surface area (Å²) >= 11 is 0. The quantitative estimate of drug-likeness (QED) is 0.675. The molecule has 142 valence electrons. The number of fused-ring (bicyclic) bond motifs is 1. The summed E-state index contributed by atoms with van der Waals surface area (Å²) in [6, 6.07) is 7.83. The fourth-order valence-corrected chi connectivity index (χ4v) is 3.10. The average Bonchev–Trinajstić information content (AvgIpc) is 3.01. The number of aromatic nitrogens is 3. The molecule has 1 N–H and O–H groups in total. The zero-order valence-electron chi connectivity index (χ0n) is 15.9. The van der Waals surface area contributed by atoms with Gasteiger partial charge in [-0.2, -0.15) is 0 Å². The van der Waals surface area contributed by atoms with Crippen LogP contribution in [0.2, 0.25) is 0 Å². The third kappa shape index (κ3) is 3.86. The van der Waals surface area contributed by atoms with Crippen molar-refractivity contribution >= 4 is 16.9 Å². The number of esters is 1. The molecule has 0 radical (unpaired) electrons. The number of nitrogens with zero attached hydrogens (tertiary/aromatic N) is 2. The molecule has 0 unspecified atom stereocenters.